The Balaban J connectivity index is 1.80. The van der Waals surface area contributed by atoms with Gasteiger partial charge in [-0.3, -0.25) is 9.10 Å². The van der Waals surface area contributed by atoms with Gasteiger partial charge in [-0.1, -0.05) is 29.3 Å². The van der Waals surface area contributed by atoms with E-state index in [1.165, 1.54) is 30.5 Å². The molecule has 166 valence electrons. The molecule has 9 heteroatoms. The van der Waals surface area contributed by atoms with Gasteiger partial charge in [-0.15, -0.1) is 0 Å². The minimum Gasteiger partial charge on any atom is -0.497 e. The van der Waals surface area contributed by atoms with E-state index >= 15 is 0 Å². The van der Waals surface area contributed by atoms with Crippen LogP contribution < -0.4 is 14.5 Å². The quantitative estimate of drug-likeness (QED) is 0.397. The SMILES string of the molecule is COc1ccc(/C=N\NC(=O)CN(c2ccc(C)cc2)S(=O)(=O)c2ccc(Cl)cc2)cc1. The number of hydrogen-bond donors (Lipinski definition) is 1. The van der Waals surface area contributed by atoms with Gasteiger partial charge in [0.2, 0.25) is 0 Å². The van der Waals surface area contributed by atoms with Crippen molar-refractivity contribution in [2.24, 2.45) is 5.10 Å². The number of carbonyl (C=O) groups is 1. The second kappa shape index (κ2) is 10.3. The summed E-state index contributed by atoms with van der Waals surface area (Å²) in [5.41, 5.74) is 4.45. The summed E-state index contributed by atoms with van der Waals surface area (Å²) in [6, 6.07) is 19.7. The van der Waals surface area contributed by atoms with Crippen molar-refractivity contribution in [3.63, 3.8) is 0 Å². The molecule has 1 N–H and O–H groups in total. The molecular weight excluding hydrogens is 450 g/mol. The standard InChI is InChI=1S/C23H22ClN3O4S/c1-17-3-9-20(10-4-17)27(32(29,30)22-13-7-19(24)8-14-22)16-23(28)26-25-15-18-5-11-21(31-2)12-6-18/h3-15H,16H2,1-2H3,(H,26,28)/b25-15-. The third-order valence-corrected chi connectivity index (χ3v) is 6.57. The number of methoxy groups -OCH3 is 1. The molecule has 1 amide bonds. The van der Waals surface area contributed by atoms with E-state index < -0.39 is 22.5 Å². The Morgan fingerprint density at radius 1 is 1.03 bits per heavy atom. The third kappa shape index (κ3) is 5.87. The molecule has 0 spiro atoms. The fraction of sp³-hybridized carbons (Fsp3) is 0.130. The first-order valence-corrected chi connectivity index (χ1v) is 11.4. The van der Waals surface area contributed by atoms with E-state index in [-0.39, 0.29) is 4.90 Å². The molecule has 0 atom stereocenters. The normalized spacial score (nSPS) is 11.3. The molecule has 0 aliphatic carbocycles. The average Bonchev–Trinajstić information content (AvgIpc) is 2.79. The van der Waals surface area contributed by atoms with Gasteiger partial charge >= 0.3 is 0 Å². The van der Waals surface area contributed by atoms with E-state index in [4.69, 9.17) is 16.3 Å². The lowest BCUT2D eigenvalue weighted by atomic mass is 10.2. The molecule has 0 aliphatic heterocycles. The number of sulfonamides is 1. The van der Waals surface area contributed by atoms with E-state index in [9.17, 15) is 13.2 Å². The Labute approximate surface area is 192 Å². The number of ether oxygens (including phenoxy) is 1. The van der Waals surface area contributed by atoms with Crippen LogP contribution in [0.1, 0.15) is 11.1 Å². The van der Waals surface area contributed by atoms with Crippen LogP contribution in [0.25, 0.3) is 0 Å². The smallest absolute Gasteiger partial charge is 0.264 e. The van der Waals surface area contributed by atoms with Crippen molar-refractivity contribution >= 4 is 39.4 Å². The highest BCUT2D eigenvalue weighted by Crippen LogP contribution is 2.25. The molecule has 0 aromatic heterocycles. The van der Waals surface area contributed by atoms with Gasteiger partial charge in [-0.25, -0.2) is 13.8 Å². The highest BCUT2D eigenvalue weighted by Gasteiger charge is 2.27. The molecule has 32 heavy (non-hydrogen) atoms. The summed E-state index contributed by atoms with van der Waals surface area (Å²) < 4.78 is 32.7. The van der Waals surface area contributed by atoms with E-state index in [0.29, 0.717) is 16.5 Å². The highest BCUT2D eigenvalue weighted by molar-refractivity contribution is 7.92. The minimum atomic E-state index is -4.02. The predicted molar refractivity (Wildman–Crippen MR) is 126 cm³/mol. The lowest BCUT2D eigenvalue weighted by Gasteiger charge is -2.23. The molecule has 0 radical (unpaired) electrons. The Kier molecular flexibility index (Phi) is 7.50. The summed E-state index contributed by atoms with van der Waals surface area (Å²) in [5.74, 6) is 0.111. The lowest BCUT2D eigenvalue weighted by Crippen LogP contribution is -2.39. The largest absolute Gasteiger partial charge is 0.497 e. The number of aryl methyl sites for hydroxylation is 1. The van der Waals surface area contributed by atoms with E-state index in [1.807, 2.05) is 6.92 Å². The number of hydrogen-bond acceptors (Lipinski definition) is 5. The van der Waals surface area contributed by atoms with Gasteiger partial charge in [0.05, 0.1) is 23.9 Å². The summed E-state index contributed by atoms with van der Waals surface area (Å²) in [6.07, 6.45) is 1.46. The minimum absolute atomic E-state index is 0.0250. The second-order valence-corrected chi connectivity index (χ2v) is 9.17. The molecule has 0 bridgehead atoms. The van der Waals surface area contributed by atoms with Gasteiger partial charge in [0, 0.05) is 5.02 Å². The first kappa shape index (κ1) is 23.3. The number of anilines is 1. The fourth-order valence-corrected chi connectivity index (χ4v) is 4.34. The number of rotatable bonds is 8. The van der Waals surface area contributed by atoms with Crippen LogP contribution in [0.4, 0.5) is 5.69 Å². The van der Waals surface area contributed by atoms with Crippen molar-refractivity contribution in [3.8, 4) is 5.75 Å². The molecule has 7 nitrogen and oxygen atoms in total. The van der Waals surface area contributed by atoms with Crippen molar-refractivity contribution in [2.75, 3.05) is 18.0 Å². The van der Waals surface area contributed by atoms with Crippen molar-refractivity contribution in [2.45, 2.75) is 11.8 Å². The Hall–Kier alpha value is -3.36. The van der Waals surface area contributed by atoms with E-state index in [2.05, 4.69) is 10.5 Å². The summed E-state index contributed by atoms with van der Waals surface area (Å²) in [6.45, 7) is 1.44. The predicted octanol–water partition coefficient (Wildman–Crippen LogP) is 4.00. The molecule has 0 saturated carbocycles. The maximum atomic E-state index is 13.3. The van der Waals surface area contributed by atoms with Crippen LogP contribution in [0.15, 0.2) is 82.8 Å². The van der Waals surface area contributed by atoms with Crippen molar-refractivity contribution in [1.82, 2.24) is 5.43 Å². The number of hydrazone groups is 1. The maximum absolute atomic E-state index is 13.3. The summed E-state index contributed by atoms with van der Waals surface area (Å²) in [4.78, 5) is 12.6. The lowest BCUT2D eigenvalue weighted by molar-refractivity contribution is -0.119. The zero-order valence-corrected chi connectivity index (χ0v) is 19.1. The number of benzene rings is 3. The maximum Gasteiger partial charge on any atom is 0.264 e. The van der Waals surface area contributed by atoms with E-state index in [1.54, 1.807) is 55.6 Å². The van der Waals surface area contributed by atoms with Crippen LogP contribution in [0.2, 0.25) is 5.02 Å². The number of halogens is 1. The highest BCUT2D eigenvalue weighted by atomic mass is 35.5. The number of nitrogens with one attached hydrogen (secondary N) is 1. The molecule has 3 aromatic carbocycles. The molecule has 0 unspecified atom stereocenters. The van der Waals surface area contributed by atoms with Crippen LogP contribution >= 0.6 is 11.6 Å². The van der Waals surface area contributed by atoms with Crippen molar-refractivity contribution in [3.05, 3.63) is 88.9 Å². The summed E-state index contributed by atoms with van der Waals surface area (Å²) >= 11 is 5.89. The Bertz CT molecular complexity index is 1190. The summed E-state index contributed by atoms with van der Waals surface area (Å²) in [5, 5.41) is 4.33. The van der Waals surface area contributed by atoms with Crippen LogP contribution in [0.5, 0.6) is 5.75 Å². The number of nitrogens with zero attached hydrogens (tertiary/aromatic N) is 2. The van der Waals surface area contributed by atoms with Gasteiger partial charge in [-0.2, -0.15) is 5.10 Å². The molecule has 0 fully saturated rings. The third-order valence-electron chi connectivity index (χ3n) is 4.53. The van der Waals surface area contributed by atoms with E-state index in [0.717, 1.165) is 15.4 Å². The van der Waals surface area contributed by atoms with Gasteiger partial charge in [0.25, 0.3) is 15.9 Å². The van der Waals surface area contributed by atoms with Gasteiger partial charge in [0.1, 0.15) is 12.3 Å². The fourth-order valence-electron chi connectivity index (χ4n) is 2.79. The van der Waals surface area contributed by atoms with Crippen molar-refractivity contribution in [1.29, 1.82) is 0 Å². The average molecular weight is 472 g/mol. The molecule has 3 rings (SSSR count). The van der Waals surface area contributed by atoms with Crippen LogP contribution in [0, 0.1) is 6.92 Å². The first-order valence-electron chi connectivity index (χ1n) is 9.60. The van der Waals surface area contributed by atoms with Gasteiger partial charge < -0.3 is 4.74 Å². The summed E-state index contributed by atoms with van der Waals surface area (Å²) in [7, 11) is -2.44. The van der Waals surface area contributed by atoms with Crippen molar-refractivity contribution < 1.29 is 17.9 Å². The number of amides is 1. The topological polar surface area (TPSA) is 88.1 Å². The Morgan fingerprint density at radius 2 is 1.66 bits per heavy atom. The monoisotopic (exact) mass is 471 g/mol. The first-order chi connectivity index (χ1) is 15.3. The van der Waals surface area contributed by atoms with Gasteiger partial charge in [-0.05, 0) is 73.2 Å². The van der Waals surface area contributed by atoms with Crippen LogP contribution in [-0.2, 0) is 14.8 Å². The molecule has 0 aliphatic rings. The van der Waals surface area contributed by atoms with Crippen LogP contribution in [0.3, 0.4) is 0 Å². The van der Waals surface area contributed by atoms with Crippen LogP contribution in [-0.4, -0.2) is 34.2 Å². The Morgan fingerprint density at radius 3 is 2.25 bits per heavy atom. The zero-order valence-electron chi connectivity index (χ0n) is 17.5. The molecule has 0 saturated heterocycles. The molecular formula is C23H22ClN3O4S. The zero-order chi connectivity index (χ0) is 23.1. The molecule has 0 heterocycles. The second-order valence-electron chi connectivity index (χ2n) is 6.87. The molecule has 3 aromatic rings. The van der Waals surface area contributed by atoms with Gasteiger partial charge in [0.15, 0.2) is 0 Å². The number of carbonyl (C=O) groups excluding carboxylic acids is 1.